The molecule has 0 amide bonds. The molecule has 0 spiro atoms. The van der Waals surface area contributed by atoms with E-state index in [2.05, 4.69) is 20.6 Å². The standard InChI is InChI=1S/C16H11FN6O4/c17-12-6-1-2-7-13(12)21-16-14(23(26)27)15(18-9-19-16)20-10-4-3-5-11(8-10)22(24)25/h1-9H,(H2,18,19,20,21). The van der Waals surface area contributed by atoms with Gasteiger partial charge in [-0.1, -0.05) is 18.2 Å². The number of aromatic nitrogens is 2. The SMILES string of the molecule is O=[N+]([O-])c1cccc(Nc2ncnc(Nc3ccccc3F)c2[N+](=O)[O-])c1. The molecule has 2 N–H and O–H groups in total. The lowest BCUT2D eigenvalue weighted by molar-refractivity contribution is -0.384. The number of para-hydroxylation sites is 1. The second-order valence-electron chi connectivity index (χ2n) is 5.21. The second kappa shape index (κ2) is 7.39. The van der Waals surface area contributed by atoms with Crippen LogP contribution in [0.2, 0.25) is 0 Å². The fourth-order valence-corrected chi connectivity index (χ4v) is 2.26. The van der Waals surface area contributed by atoms with Crippen LogP contribution in [0, 0.1) is 26.0 Å². The highest BCUT2D eigenvalue weighted by Gasteiger charge is 2.24. The van der Waals surface area contributed by atoms with Crippen LogP contribution in [-0.4, -0.2) is 19.8 Å². The van der Waals surface area contributed by atoms with Crippen molar-refractivity contribution in [3.8, 4) is 0 Å². The number of non-ortho nitro benzene ring substituents is 1. The number of nitro groups is 2. The number of benzene rings is 2. The first kappa shape index (κ1) is 17.7. The maximum Gasteiger partial charge on any atom is 0.353 e. The average molecular weight is 370 g/mol. The second-order valence-corrected chi connectivity index (χ2v) is 5.21. The lowest BCUT2D eigenvalue weighted by atomic mass is 10.2. The van der Waals surface area contributed by atoms with E-state index in [0.29, 0.717) is 0 Å². The minimum absolute atomic E-state index is 0.000555. The zero-order valence-electron chi connectivity index (χ0n) is 13.5. The number of rotatable bonds is 6. The van der Waals surface area contributed by atoms with Crippen molar-refractivity contribution in [2.24, 2.45) is 0 Å². The summed E-state index contributed by atoms with van der Waals surface area (Å²) in [5.74, 6) is -1.04. The van der Waals surface area contributed by atoms with E-state index in [9.17, 15) is 24.6 Å². The van der Waals surface area contributed by atoms with E-state index in [4.69, 9.17) is 0 Å². The van der Waals surface area contributed by atoms with E-state index >= 15 is 0 Å². The van der Waals surface area contributed by atoms with Crippen molar-refractivity contribution < 1.29 is 14.2 Å². The molecule has 1 heterocycles. The van der Waals surface area contributed by atoms with Crippen LogP contribution >= 0.6 is 0 Å². The molecule has 0 atom stereocenters. The number of hydrogen-bond acceptors (Lipinski definition) is 8. The Labute approximate surface area is 151 Å². The van der Waals surface area contributed by atoms with Crippen LogP contribution in [0.4, 0.5) is 38.8 Å². The van der Waals surface area contributed by atoms with Gasteiger partial charge in [0.15, 0.2) is 0 Å². The summed E-state index contributed by atoms with van der Waals surface area (Å²) in [4.78, 5) is 28.7. The van der Waals surface area contributed by atoms with Gasteiger partial charge in [0, 0.05) is 17.8 Å². The maximum absolute atomic E-state index is 13.8. The van der Waals surface area contributed by atoms with Crippen LogP contribution in [0.3, 0.4) is 0 Å². The monoisotopic (exact) mass is 370 g/mol. The number of nitrogens with one attached hydrogen (secondary N) is 2. The van der Waals surface area contributed by atoms with E-state index < -0.39 is 21.4 Å². The predicted octanol–water partition coefficient (Wildman–Crippen LogP) is 3.92. The van der Waals surface area contributed by atoms with Gasteiger partial charge in [-0.3, -0.25) is 20.2 Å². The lowest BCUT2D eigenvalue weighted by Gasteiger charge is -2.10. The lowest BCUT2D eigenvalue weighted by Crippen LogP contribution is -2.06. The number of nitrogens with zero attached hydrogens (tertiary/aromatic N) is 4. The summed E-state index contributed by atoms with van der Waals surface area (Å²) >= 11 is 0. The molecule has 0 bridgehead atoms. The molecular formula is C16H11FN6O4. The van der Waals surface area contributed by atoms with Crippen molar-refractivity contribution >= 4 is 34.4 Å². The summed E-state index contributed by atoms with van der Waals surface area (Å²) in [5, 5.41) is 27.6. The molecule has 0 saturated heterocycles. The first-order valence-corrected chi connectivity index (χ1v) is 7.48. The number of nitro benzene ring substituents is 1. The van der Waals surface area contributed by atoms with Crippen LogP contribution in [0.5, 0.6) is 0 Å². The Kier molecular flexibility index (Phi) is 4.84. The van der Waals surface area contributed by atoms with Gasteiger partial charge in [0.05, 0.1) is 15.5 Å². The third-order valence-electron chi connectivity index (χ3n) is 3.45. The zero-order chi connectivity index (χ0) is 19.4. The molecule has 0 aliphatic rings. The van der Waals surface area contributed by atoms with Crippen molar-refractivity contribution in [2.45, 2.75) is 0 Å². The average Bonchev–Trinajstić information content (AvgIpc) is 2.64. The Bertz CT molecular complexity index is 1030. The first-order chi connectivity index (χ1) is 13.0. The Morgan fingerprint density at radius 3 is 2.26 bits per heavy atom. The van der Waals surface area contributed by atoms with Gasteiger partial charge < -0.3 is 10.6 Å². The van der Waals surface area contributed by atoms with Gasteiger partial charge in [0.2, 0.25) is 11.6 Å². The smallest absolute Gasteiger partial charge is 0.334 e. The van der Waals surface area contributed by atoms with E-state index in [-0.39, 0.29) is 28.7 Å². The normalized spacial score (nSPS) is 10.3. The van der Waals surface area contributed by atoms with Crippen molar-refractivity contribution in [1.29, 1.82) is 0 Å². The van der Waals surface area contributed by atoms with Gasteiger partial charge in [-0.05, 0) is 18.2 Å². The Morgan fingerprint density at radius 1 is 0.889 bits per heavy atom. The number of hydrogen-bond donors (Lipinski definition) is 2. The summed E-state index contributed by atoms with van der Waals surface area (Å²) in [5.41, 5.74) is -0.503. The highest BCUT2D eigenvalue weighted by Crippen LogP contribution is 2.33. The number of halogens is 1. The third-order valence-corrected chi connectivity index (χ3v) is 3.45. The molecule has 136 valence electrons. The van der Waals surface area contributed by atoms with E-state index in [1.165, 1.54) is 42.5 Å². The molecule has 0 saturated carbocycles. The summed E-state index contributed by atoms with van der Waals surface area (Å²) in [6.45, 7) is 0. The molecule has 1 aromatic heterocycles. The molecule has 0 radical (unpaired) electrons. The quantitative estimate of drug-likeness (QED) is 0.492. The summed E-state index contributed by atoms with van der Waals surface area (Å²) < 4.78 is 13.8. The van der Waals surface area contributed by atoms with Gasteiger partial charge in [-0.25, -0.2) is 14.4 Å². The fourth-order valence-electron chi connectivity index (χ4n) is 2.26. The molecule has 0 aliphatic carbocycles. The van der Waals surface area contributed by atoms with Crippen LogP contribution in [-0.2, 0) is 0 Å². The minimum Gasteiger partial charge on any atom is -0.334 e. The molecule has 2 aromatic carbocycles. The molecular weight excluding hydrogens is 359 g/mol. The molecule has 0 fully saturated rings. The molecule has 27 heavy (non-hydrogen) atoms. The zero-order valence-corrected chi connectivity index (χ0v) is 13.5. The Balaban J connectivity index is 1.99. The van der Waals surface area contributed by atoms with Gasteiger partial charge in [0.1, 0.15) is 12.1 Å². The molecule has 10 nitrogen and oxygen atoms in total. The first-order valence-electron chi connectivity index (χ1n) is 7.48. The summed E-state index contributed by atoms with van der Waals surface area (Å²) in [6, 6.07) is 11.0. The summed E-state index contributed by atoms with van der Waals surface area (Å²) in [7, 11) is 0. The number of anilines is 4. The minimum atomic E-state index is -0.733. The van der Waals surface area contributed by atoms with Gasteiger partial charge in [0.25, 0.3) is 5.69 Å². The van der Waals surface area contributed by atoms with Crippen molar-refractivity contribution in [1.82, 2.24) is 9.97 Å². The van der Waals surface area contributed by atoms with Crippen LogP contribution < -0.4 is 10.6 Å². The highest BCUT2D eigenvalue weighted by molar-refractivity contribution is 5.77. The molecule has 11 heteroatoms. The topological polar surface area (TPSA) is 136 Å². The largest absolute Gasteiger partial charge is 0.353 e. The Hall–Kier alpha value is -4.15. The van der Waals surface area contributed by atoms with Crippen molar-refractivity contribution in [3.63, 3.8) is 0 Å². The van der Waals surface area contributed by atoms with Crippen molar-refractivity contribution in [2.75, 3.05) is 10.6 Å². The van der Waals surface area contributed by atoms with Crippen LogP contribution in [0.15, 0.2) is 54.9 Å². The predicted molar refractivity (Wildman–Crippen MR) is 94.7 cm³/mol. The molecule has 0 unspecified atom stereocenters. The van der Waals surface area contributed by atoms with Crippen LogP contribution in [0.1, 0.15) is 0 Å². The van der Waals surface area contributed by atoms with Gasteiger partial charge in [-0.15, -0.1) is 0 Å². The fraction of sp³-hybridized carbons (Fsp3) is 0. The van der Waals surface area contributed by atoms with E-state index in [1.807, 2.05) is 0 Å². The maximum atomic E-state index is 13.8. The van der Waals surface area contributed by atoms with Crippen LogP contribution in [0.25, 0.3) is 0 Å². The highest BCUT2D eigenvalue weighted by atomic mass is 19.1. The molecule has 3 rings (SSSR count). The van der Waals surface area contributed by atoms with E-state index in [0.717, 1.165) is 6.33 Å². The molecule has 3 aromatic rings. The van der Waals surface area contributed by atoms with E-state index in [1.54, 1.807) is 6.07 Å². The molecule has 0 aliphatic heterocycles. The summed E-state index contributed by atoms with van der Waals surface area (Å²) in [6.07, 6.45) is 1.05. The van der Waals surface area contributed by atoms with Crippen molar-refractivity contribution in [3.05, 3.63) is 80.9 Å². The van der Waals surface area contributed by atoms with Gasteiger partial charge in [-0.2, -0.15) is 0 Å². The Morgan fingerprint density at radius 2 is 1.59 bits per heavy atom. The van der Waals surface area contributed by atoms with Gasteiger partial charge >= 0.3 is 5.69 Å². The third kappa shape index (κ3) is 3.92.